The zero-order chi connectivity index (χ0) is 77.8. The van der Waals surface area contributed by atoms with Crippen LogP contribution in [0.5, 0.6) is 11.5 Å². The molecule has 102 heavy (non-hydrogen) atoms. The highest BCUT2D eigenvalue weighted by atomic mass is 16.3. The van der Waals surface area contributed by atoms with Gasteiger partial charge in [-0.25, -0.2) is 0 Å². The van der Waals surface area contributed by atoms with Crippen molar-refractivity contribution in [1.82, 2.24) is 0 Å². The number of rotatable bonds is 1. The number of phenolic OH excluding ortho intramolecular Hbond substituents is 2. The van der Waals surface area contributed by atoms with Crippen LogP contribution in [0.2, 0.25) is 0 Å². The number of aromatic hydroxyl groups is 2. The summed E-state index contributed by atoms with van der Waals surface area (Å²) in [6.07, 6.45) is 16.7. The third kappa shape index (κ3) is 15.5. The zero-order valence-corrected chi connectivity index (χ0v) is 69.5. The molecule has 6 nitrogen and oxygen atoms in total. The van der Waals surface area contributed by atoms with E-state index in [0.717, 1.165) is 78.0 Å². The number of benzene rings is 2. The molecule has 0 saturated carbocycles. The molecular formula is C96H122O6. The van der Waals surface area contributed by atoms with Gasteiger partial charge in [0.05, 0.1) is 0 Å². The van der Waals surface area contributed by atoms with Crippen molar-refractivity contribution in [2.24, 2.45) is 43.3 Å². The Morgan fingerprint density at radius 2 is 0.373 bits per heavy atom. The molecule has 2 aromatic carbocycles. The molecule has 0 bridgehead atoms. The van der Waals surface area contributed by atoms with E-state index in [1.54, 1.807) is 0 Å². The average Bonchev–Trinajstić information content (AvgIpc) is 0.683. The van der Waals surface area contributed by atoms with E-state index in [4.69, 9.17) is 0 Å². The predicted octanol–water partition coefficient (Wildman–Crippen LogP) is 23.6. The largest absolute Gasteiger partial charge is 0.507 e. The van der Waals surface area contributed by atoms with E-state index in [2.05, 4.69) is 322 Å². The van der Waals surface area contributed by atoms with Crippen LogP contribution in [0.3, 0.4) is 0 Å². The first kappa shape index (κ1) is 79.9. The molecule has 0 heterocycles. The number of Topliss-reactive ketones (excluding diaryl/α,β-unsaturated/α-hetero) is 4. The van der Waals surface area contributed by atoms with Crippen LogP contribution in [-0.2, 0) is 40.8 Å². The highest BCUT2D eigenvalue weighted by Gasteiger charge is 2.49. The number of allylic oxidation sites excluding steroid dienone is 28. The van der Waals surface area contributed by atoms with Crippen LogP contribution in [0.25, 0.3) is 0 Å². The van der Waals surface area contributed by atoms with Gasteiger partial charge in [0.2, 0.25) is 0 Å². The number of phenols is 2. The Balaban J connectivity index is 1.88. The molecule has 0 radical (unpaired) electrons. The lowest BCUT2D eigenvalue weighted by molar-refractivity contribution is -0.114. The van der Waals surface area contributed by atoms with Gasteiger partial charge in [0, 0.05) is 111 Å². The van der Waals surface area contributed by atoms with Gasteiger partial charge < -0.3 is 10.2 Å². The summed E-state index contributed by atoms with van der Waals surface area (Å²) in [5.74, 6) is 15.9. The first-order valence-electron chi connectivity index (χ1n) is 36.9. The predicted molar refractivity (Wildman–Crippen MR) is 427 cm³/mol. The molecule has 0 spiro atoms. The number of ketones is 4. The van der Waals surface area contributed by atoms with E-state index in [1.807, 2.05) is 24.3 Å². The van der Waals surface area contributed by atoms with E-state index < -0.39 is 65.0 Å². The van der Waals surface area contributed by atoms with Crippen molar-refractivity contribution in [3.8, 4) is 35.2 Å². The lowest BCUT2D eigenvalue weighted by atomic mass is 9.58. The summed E-state index contributed by atoms with van der Waals surface area (Å²) in [5.41, 5.74) is 12.3. The minimum atomic E-state index is -0.621. The summed E-state index contributed by atoms with van der Waals surface area (Å²) in [5, 5.41) is 24.5. The van der Waals surface area contributed by atoms with Crippen molar-refractivity contribution in [2.45, 2.75) is 271 Å². The average molecular weight is 1370 g/mol. The Kier molecular flexibility index (Phi) is 20.0. The summed E-state index contributed by atoms with van der Waals surface area (Å²) in [7, 11) is 0. The molecule has 6 aliphatic rings. The molecule has 8 rings (SSSR count). The van der Waals surface area contributed by atoms with Crippen molar-refractivity contribution < 1.29 is 29.4 Å². The van der Waals surface area contributed by atoms with Crippen molar-refractivity contribution >= 4 is 23.1 Å². The Bertz CT molecular complexity index is 4150. The fraction of sp³-hybridized carbons (Fsp3) is 0.500. The minimum absolute atomic E-state index is 0.0154. The second kappa shape index (κ2) is 25.5. The first-order valence-corrected chi connectivity index (χ1v) is 36.9. The Morgan fingerprint density at radius 1 is 0.216 bits per heavy atom. The standard InChI is InChI=1S/C96H122O6/c1-85(2,3)61-41-53(42-62(79(61)97)86(4,5)6)37-39-59-73(55-45-65(89(13,14)15)81(99)66(46-55)90(16,17)18)75(57-49-69(93(25,26)27)83(101)70(50-57)94(28,29)30)77(59)78-60(40-38-54-43-63(87(7,8)9)80(98)64(44-54)88(10,11)12)74(56-47-67(91(19,20)21)82(100)68(48-56)92(22,23)24)76(78)58-51-71(95(31,32)33)84(102)72(52-58)96(34,35)36/h41-52,97-98H,1-36H3. The molecule has 0 amide bonds. The van der Waals surface area contributed by atoms with E-state index in [1.165, 1.54) is 0 Å². The topological polar surface area (TPSA) is 109 Å². The summed E-state index contributed by atoms with van der Waals surface area (Å²) < 4.78 is 0. The molecule has 2 aromatic rings. The van der Waals surface area contributed by atoms with Crippen LogP contribution >= 0.6 is 0 Å². The molecule has 6 aliphatic carbocycles. The van der Waals surface area contributed by atoms with Crippen LogP contribution in [0, 0.1) is 67.0 Å². The monoisotopic (exact) mass is 1370 g/mol. The van der Waals surface area contributed by atoms with Gasteiger partial charge >= 0.3 is 0 Å². The number of hydrogen-bond donors (Lipinski definition) is 2. The van der Waals surface area contributed by atoms with Crippen LogP contribution in [0.4, 0.5) is 0 Å². The van der Waals surface area contributed by atoms with Crippen LogP contribution in [-0.4, -0.2) is 33.3 Å². The van der Waals surface area contributed by atoms with Gasteiger partial charge in [-0.2, -0.15) is 0 Å². The van der Waals surface area contributed by atoms with Gasteiger partial charge in [-0.3, -0.25) is 19.2 Å². The number of carbonyl (C=O) groups excluding carboxylic acids is 4. The molecule has 542 valence electrons. The van der Waals surface area contributed by atoms with Gasteiger partial charge in [-0.1, -0.05) is 273 Å². The van der Waals surface area contributed by atoms with Crippen LogP contribution < -0.4 is 0 Å². The van der Waals surface area contributed by atoms with Gasteiger partial charge in [0.15, 0.2) is 23.1 Å². The molecule has 0 saturated heterocycles. The quantitative estimate of drug-likeness (QED) is 0.275. The maximum atomic E-state index is 15.4. The van der Waals surface area contributed by atoms with E-state index in [9.17, 15) is 10.2 Å². The summed E-state index contributed by atoms with van der Waals surface area (Å²) in [6, 6.07) is 8.07. The van der Waals surface area contributed by atoms with Crippen molar-refractivity contribution in [1.29, 1.82) is 0 Å². The fourth-order valence-electron chi connectivity index (χ4n) is 14.3. The summed E-state index contributed by atoms with van der Waals surface area (Å²) >= 11 is 0. The third-order valence-corrected chi connectivity index (χ3v) is 20.3. The lowest BCUT2D eigenvalue weighted by Gasteiger charge is -2.43. The molecule has 0 aromatic heterocycles. The highest BCUT2D eigenvalue weighted by Crippen LogP contribution is 2.61. The second-order valence-electron chi connectivity index (χ2n) is 41.9. The van der Waals surface area contributed by atoms with E-state index >= 15 is 19.2 Å². The van der Waals surface area contributed by atoms with Gasteiger partial charge in [0.1, 0.15) is 11.5 Å². The number of hydrogen-bond acceptors (Lipinski definition) is 6. The molecular weight excluding hydrogens is 1250 g/mol. The van der Waals surface area contributed by atoms with E-state index in [-0.39, 0.29) is 34.6 Å². The SMILES string of the molecule is CC(C)(C)C1=CC(=C2C(C#Cc3cc(C(C)(C)C)c(O)c(C(C)(C)C)c3)=C(C3=C(C#Cc4cc(C(C)(C)C)c(O)c(C(C)(C)C)c4)C(=C4C=C(C(C)(C)C)C(=O)C(C(C)(C)C)=C4)C3=C3C=C(C(C)(C)C)C(=O)C(C(C)(C)C)=C3)C2=C2C=C(C(C)(C)C)C(=O)C(C(C)(C)C)=C2)C=C(C(C)(C)C)C1=O. The summed E-state index contributed by atoms with van der Waals surface area (Å²) in [6.45, 7) is 75.5. The summed E-state index contributed by atoms with van der Waals surface area (Å²) in [4.78, 5) is 61.5. The number of carbonyl (C=O) groups is 4. The van der Waals surface area contributed by atoms with Crippen molar-refractivity contribution in [2.75, 3.05) is 0 Å². The Hall–Kier alpha value is -7.80. The van der Waals surface area contributed by atoms with Crippen molar-refractivity contribution in [3.63, 3.8) is 0 Å². The van der Waals surface area contributed by atoms with Gasteiger partial charge in [0.25, 0.3) is 0 Å². The lowest BCUT2D eigenvalue weighted by Crippen LogP contribution is -2.32. The highest BCUT2D eigenvalue weighted by molar-refractivity contribution is 6.16. The Labute approximate surface area is 616 Å². The maximum absolute atomic E-state index is 15.4. The fourth-order valence-corrected chi connectivity index (χ4v) is 14.3. The first-order chi connectivity index (χ1) is 45.7. The molecule has 2 N–H and O–H groups in total. The smallest absolute Gasteiger partial charge is 0.186 e. The van der Waals surface area contributed by atoms with Crippen molar-refractivity contribution in [3.05, 3.63) is 218 Å². The molecule has 0 unspecified atom stereocenters. The maximum Gasteiger partial charge on any atom is 0.186 e. The van der Waals surface area contributed by atoms with Gasteiger partial charge in [-0.15, -0.1) is 0 Å². The van der Waals surface area contributed by atoms with Crippen LogP contribution in [0.1, 0.15) is 283 Å². The van der Waals surface area contributed by atoms with E-state index in [0.29, 0.717) is 66.9 Å². The minimum Gasteiger partial charge on any atom is -0.507 e. The second-order valence-corrected chi connectivity index (χ2v) is 41.9. The Morgan fingerprint density at radius 3 is 0.520 bits per heavy atom. The normalized spacial score (nSPS) is 18.4. The molecule has 0 aliphatic heterocycles. The van der Waals surface area contributed by atoms with Gasteiger partial charge in [-0.05, 0) is 171 Å². The molecule has 0 fully saturated rings. The zero-order valence-electron chi connectivity index (χ0n) is 69.5. The molecule has 0 atom stereocenters. The van der Waals surface area contributed by atoms with Crippen LogP contribution in [0.15, 0.2) is 184 Å². The third-order valence-electron chi connectivity index (χ3n) is 20.3. The molecule has 6 heteroatoms.